The number of hydrogen-bond acceptors (Lipinski definition) is 3. The van der Waals surface area contributed by atoms with Gasteiger partial charge < -0.3 is 5.11 Å². The van der Waals surface area contributed by atoms with Crippen molar-refractivity contribution in [3.8, 4) is 0 Å². The Balaban J connectivity index is 2.68. The molecule has 1 heterocycles. The monoisotopic (exact) mass is 249 g/mol. The van der Waals surface area contributed by atoms with Crippen LogP contribution in [0.15, 0.2) is 0 Å². The third-order valence-electron chi connectivity index (χ3n) is 2.96. The third-order valence-corrected chi connectivity index (χ3v) is 5.20. The molecule has 1 unspecified atom stereocenters. The second kappa shape index (κ2) is 5.02. The van der Waals surface area contributed by atoms with Crippen molar-refractivity contribution in [1.29, 1.82) is 0 Å². The highest BCUT2D eigenvalue weighted by molar-refractivity contribution is 7.89. The van der Waals surface area contributed by atoms with Crippen LogP contribution in [0.5, 0.6) is 0 Å². The fourth-order valence-electron chi connectivity index (χ4n) is 2.04. The van der Waals surface area contributed by atoms with E-state index in [1.807, 2.05) is 13.8 Å². The van der Waals surface area contributed by atoms with E-state index in [0.717, 1.165) is 6.42 Å². The molecule has 1 N–H and O–H groups in total. The van der Waals surface area contributed by atoms with Crippen LogP contribution < -0.4 is 0 Å². The first kappa shape index (κ1) is 13.9. The zero-order valence-electron chi connectivity index (χ0n) is 10.4. The summed E-state index contributed by atoms with van der Waals surface area (Å²) < 4.78 is 25.5. The van der Waals surface area contributed by atoms with Gasteiger partial charge in [0.25, 0.3) is 0 Å². The lowest BCUT2D eigenvalue weighted by Crippen LogP contribution is -2.36. The minimum absolute atomic E-state index is 0.147. The molecule has 1 aliphatic rings. The number of aliphatic hydroxyl groups is 1. The fraction of sp³-hybridized carbons (Fsp3) is 1.00. The highest BCUT2D eigenvalue weighted by atomic mass is 32.2. The molecule has 1 saturated heterocycles. The summed E-state index contributed by atoms with van der Waals surface area (Å²) in [7, 11) is -3.13. The first-order chi connectivity index (χ1) is 7.23. The van der Waals surface area contributed by atoms with E-state index in [-0.39, 0.29) is 11.7 Å². The molecule has 16 heavy (non-hydrogen) atoms. The molecule has 5 heteroatoms. The molecule has 0 spiro atoms. The Morgan fingerprint density at radius 3 is 2.50 bits per heavy atom. The van der Waals surface area contributed by atoms with Crippen molar-refractivity contribution in [3.63, 3.8) is 0 Å². The van der Waals surface area contributed by atoms with Crippen LogP contribution in [0, 0.1) is 5.92 Å². The van der Waals surface area contributed by atoms with Crippen LogP contribution in [-0.2, 0) is 10.0 Å². The Bertz CT molecular complexity index is 322. The van der Waals surface area contributed by atoms with Gasteiger partial charge in [-0.1, -0.05) is 13.8 Å². The number of hydrogen-bond donors (Lipinski definition) is 1. The molecule has 4 nitrogen and oxygen atoms in total. The summed E-state index contributed by atoms with van der Waals surface area (Å²) in [5, 5.41) is 9.90. The molecule has 1 fully saturated rings. The predicted octanol–water partition coefficient (Wildman–Crippen LogP) is 1.21. The molecule has 0 bridgehead atoms. The van der Waals surface area contributed by atoms with Gasteiger partial charge in [0.05, 0.1) is 11.4 Å². The average molecular weight is 249 g/mol. The Labute approximate surface area is 98.7 Å². The number of nitrogens with zero attached hydrogens (tertiary/aromatic N) is 1. The van der Waals surface area contributed by atoms with Crippen LogP contribution in [0.3, 0.4) is 0 Å². The van der Waals surface area contributed by atoms with Crippen molar-refractivity contribution >= 4 is 10.0 Å². The lowest BCUT2D eigenvalue weighted by molar-refractivity contribution is 0.0465. The summed E-state index contributed by atoms with van der Waals surface area (Å²) in [6.45, 7) is 6.59. The molecule has 0 aromatic carbocycles. The third kappa shape index (κ3) is 4.03. The van der Waals surface area contributed by atoms with Crippen molar-refractivity contribution in [2.75, 3.05) is 18.8 Å². The summed E-state index contributed by atoms with van der Waals surface area (Å²) in [6.07, 6.45) is 1.95. The minimum atomic E-state index is -3.13. The molecule has 0 aliphatic carbocycles. The molecule has 1 rings (SSSR count). The van der Waals surface area contributed by atoms with Gasteiger partial charge in [0.15, 0.2) is 0 Å². The molecule has 0 saturated carbocycles. The van der Waals surface area contributed by atoms with Crippen LogP contribution in [0.4, 0.5) is 0 Å². The average Bonchev–Trinajstić information content (AvgIpc) is 2.24. The van der Waals surface area contributed by atoms with Gasteiger partial charge in [0.1, 0.15) is 0 Å². The maximum Gasteiger partial charge on any atom is 0.214 e. The lowest BCUT2D eigenvalue weighted by Gasteiger charge is -2.22. The molecule has 0 amide bonds. The molecule has 0 aromatic rings. The predicted molar refractivity (Wildman–Crippen MR) is 64.7 cm³/mol. The number of rotatable bonds is 3. The highest BCUT2D eigenvalue weighted by Crippen LogP contribution is 2.23. The first-order valence-electron chi connectivity index (χ1n) is 5.93. The summed E-state index contributed by atoms with van der Waals surface area (Å²) in [5.41, 5.74) is -0.706. The normalized spacial score (nSPS) is 29.3. The van der Waals surface area contributed by atoms with Gasteiger partial charge in [-0.25, -0.2) is 12.7 Å². The maximum absolute atomic E-state index is 12.0. The second-order valence-corrected chi connectivity index (χ2v) is 7.44. The van der Waals surface area contributed by atoms with Gasteiger partial charge in [-0.2, -0.15) is 0 Å². The van der Waals surface area contributed by atoms with E-state index in [1.165, 1.54) is 4.31 Å². The van der Waals surface area contributed by atoms with Crippen molar-refractivity contribution in [2.45, 2.75) is 45.6 Å². The van der Waals surface area contributed by atoms with E-state index >= 15 is 0 Å². The maximum atomic E-state index is 12.0. The van der Waals surface area contributed by atoms with Crippen LogP contribution in [-0.4, -0.2) is 42.3 Å². The van der Waals surface area contributed by atoms with Crippen LogP contribution in [0.1, 0.15) is 40.0 Å². The first-order valence-corrected chi connectivity index (χ1v) is 7.54. The van der Waals surface area contributed by atoms with Crippen molar-refractivity contribution < 1.29 is 13.5 Å². The van der Waals surface area contributed by atoms with E-state index in [2.05, 4.69) is 0 Å². The van der Waals surface area contributed by atoms with Crippen molar-refractivity contribution in [2.24, 2.45) is 5.92 Å². The van der Waals surface area contributed by atoms with E-state index in [9.17, 15) is 13.5 Å². The van der Waals surface area contributed by atoms with Crippen LogP contribution in [0.2, 0.25) is 0 Å². The minimum Gasteiger partial charge on any atom is -0.390 e. The molecule has 0 radical (unpaired) electrons. The molecule has 96 valence electrons. The van der Waals surface area contributed by atoms with Gasteiger partial charge in [-0.15, -0.1) is 0 Å². The molecule has 1 atom stereocenters. The fourth-order valence-corrected chi connectivity index (χ4v) is 3.87. The largest absolute Gasteiger partial charge is 0.390 e. The quantitative estimate of drug-likeness (QED) is 0.818. The Morgan fingerprint density at radius 2 is 1.94 bits per heavy atom. The molecule has 0 aromatic heterocycles. The topological polar surface area (TPSA) is 57.6 Å². The highest BCUT2D eigenvalue weighted by Gasteiger charge is 2.30. The van der Waals surface area contributed by atoms with Crippen molar-refractivity contribution in [3.05, 3.63) is 0 Å². The van der Waals surface area contributed by atoms with E-state index < -0.39 is 15.6 Å². The summed E-state index contributed by atoms with van der Waals surface area (Å²) in [6, 6.07) is 0. The van der Waals surface area contributed by atoms with Crippen LogP contribution in [0.25, 0.3) is 0 Å². The van der Waals surface area contributed by atoms with E-state index in [1.54, 1.807) is 6.92 Å². The molecule has 1 aliphatic heterocycles. The van der Waals surface area contributed by atoms with E-state index in [0.29, 0.717) is 25.9 Å². The Kier molecular flexibility index (Phi) is 4.37. The van der Waals surface area contributed by atoms with E-state index in [4.69, 9.17) is 0 Å². The molecular formula is C11H23NO3S. The summed E-state index contributed by atoms with van der Waals surface area (Å²) in [4.78, 5) is 0. The van der Waals surface area contributed by atoms with Crippen LogP contribution >= 0.6 is 0 Å². The Morgan fingerprint density at radius 1 is 1.31 bits per heavy atom. The lowest BCUT2D eigenvalue weighted by atomic mass is 9.98. The van der Waals surface area contributed by atoms with Gasteiger partial charge in [0.2, 0.25) is 10.0 Å². The van der Waals surface area contributed by atoms with Crippen molar-refractivity contribution in [1.82, 2.24) is 4.31 Å². The Hall–Kier alpha value is -0.130. The zero-order chi connectivity index (χ0) is 12.4. The number of sulfonamides is 1. The SMILES string of the molecule is CC(C)CS(=O)(=O)N1CCCC(C)(O)CC1. The van der Waals surface area contributed by atoms with Gasteiger partial charge in [-0.3, -0.25) is 0 Å². The standard InChI is InChI=1S/C11H23NO3S/c1-10(2)9-16(14,15)12-7-4-5-11(3,13)6-8-12/h10,13H,4-9H2,1-3H3. The molecular weight excluding hydrogens is 226 g/mol. The van der Waals surface area contributed by atoms with Gasteiger partial charge >= 0.3 is 0 Å². The smallest absolute Gasteiger partial charge is 0.214 e. The van der Waals surface area contributed by atoms with Gasteiger partial charge in [-0.05, 0) is 32.1 Å². The second-order valence-electron chi connectivity index (χ2n) is 5.42. The zero-order valence-corrected chi connectivity index (χ0v) is 11.3. The van der Waals surface area contributed by atoms with Gasteiger partial charge in [0, 0.05) is 13.1 Å². The summed E-state index contributed by atoms with van der Waals surface area (Å²) in [5.74, 6) is 0.351. The summed E-state index contributed by atoms with van der Waals surface area (Å²) >= 11 is 0.